The monoisotopic (exact) mass is 252 g/mol. The summed E-state index contributed by atoms with van der Waals surface area (Å²) in [6.45, 7) is 3.20. The first-order valence-electron chi connectivity index (χ1n) is 6.31. The standard InChI is InChI=1S/C14H20O4/c1-10(15)13-4-3-12(16-2)9-14(13)18-11-5-7-17-8-6-11/h3-4,9-11,15H,5-8H2,1-2H3/t10-/m1/s1. The molecule has 0 amide bonds. The number of hydrogen-bond donors (Lipinski definition) is 1. The van der Waals surface area contributed by atoms with Crippen LogP contribution in [0.5, 0.6) is 11.5 Å². The summed E-state index contributed by atoms with van der Waals surface area (Å²) in [5, 5.41) is 9.75. The highest BCUT2D eigenvalue weighted by Crippen LogP contribution is 2.31. The molecule has 100 valence electrons. The summed E-state index contributed by atoms with van der Waals surface area (Å²) >= 11 is 0. The second-order valence-corrected chi connectivity index (χ2v) is 4.51. The zero-order valence-corrected chi connectivity index (χ0v) is 10.9. The number of rotatable bonds is 4. The van der Waals surface area contributed by atoms with Gasteiger partial charge in [-0.25, -0.2) is 0 Å². The molecule has 4 heteroatoms. The molecule has 1 saturated heterocycles. The predicted molar refractivity (Wildman–Crippen MR) is 68.1 cm³/mol. The second-order valence-electron chi connectivity index (χ2n) is 4.51. The van der Waals surface area contributed by atoms with Crippen LogP contribution in [0.2, 0.25) is 0 Å². The van der Waals surface area contributed by atoms with Gasteiger partial charge in [0.25, 0.3) is 0 Å². The molecule has 1 aliphatic rings. The van der Waals surface area contributed by atoms with Gasteiger partial charge >= 0.3 is 0 Å². The van der Waals surface area contributed by atoms with E-state index in [0.717, 1.165) is 37.4 Å². The van der Waals surface area contributed by atoms with Gasteiger partial charge in [-0.3, -0.25) is 0 Å². The number of methoxy groups -OCH3 is 1. The van der Waals surface area contributed by atoms with Crippen molar-refractivity contribution < 1.29 is 19.3 Å². The van der Waals surface area contributed by atoms with Gasteiger partial charge in [0.05, 0.1) is 26.4 Å². The van der Waals surface area contributed by atoms with Crippen molar-refractivity contribution in [1.82, 2.24) is 0 Å². The summed E-state index contributed by atoms with van der Waals surface area (Å²) in [5.41, 5.74) is 0.794. The average Bonchev–Trinajstić information content (AvgIpc) is 2.39. The van der Waals surface area contributed by atoms with Crippen molar-refractivity contribution in [1.29, 1.82) is 0 Å². The van der Waals surface area contributed by atoms with Gasteiger partial charge in [0.15, 0.2) is 0 Å². The molecule has 1 N–H and O–H groups in total. The third kappa shape index (κ3) is 3.15. The molecular weight excluding hydrogens is 232 g/mol. The van der Waals surface area contributed by atoms with E-state index in [1.807, 2.05) is 18.2 Å². The van der Waals surface area contributed by atoms with Crippen LogP contribution >= 0.6 is 0 Å². The van der Waals surface area contributed by atoms with Crippen molar-refractivity contribution in [2.24, 2.45) is 0 Å². The molecule has 1 fully saturated rings. The number of hydrogen-bond acceptors (Lipinski definition) is 4. The van der Waals surface area contributed by atoms with E-state index >= 15 is 0 Å². The number of aliphatic hydroxyl groups is 1. The minimum absolute atomic E-state index is 0.156. The zero-order chi connectivity index (χ0) is 13.0. The minimum atomic E-state index is -0.550. The predicted octanol–water partition coefficient (Wildman–Crippen LogP) is 2.31. The second kappa shape index (κ2) is 6.07. The lowest BCUT2D eigenvalue weighted by atomic mass is 10.1. The van der Waals surface area contributed by atoms with Crippen molar-refractivity contribution in [3.63, 3.8) is 0 Å². The Kier molecular flexibility index (Phi) is 4.44. The van der Waals surface area contributed by atoms with Gasteiger partial charge in [-0.15, -0.1) is 0 Å². The highest BCUT2D eigenvalue weighted by molar-refractivity contribution is 5.42. The van der Waals surface area contributed by atoms with Crippen LogP contribution in [0.15, 0.2) is 18.2 Å². The molecule has 0 bridgehead atoms. The number of aliphatic hydroxyl groups excluding tert-OH is 1. The van der Waals surface area contributed by atoms with E-state index in [-0.39, 0.29) is 6.10 Å². The van der Waals surface area contributed by atoms with E-state index in [1.165, 1.54) is 0 Å². The average molecular weight is 252 g/mol. The fourth-order valence-corrected chi connectivity index (χ4v) is 2.06. The molecule has 0 radical (unpaired) electrons. The molecule has 1 aliphatic heterocycles. The van der Waals surface area contributed by atoms with Crippen LogP contribution in [0.4, 0.5) is 0 Å². The smallest absolute Gasteiger partial charge is 0.129 e. The topological polar surface area (TPSA) is 47.9 Å². The van der Waals surface area contributed by atoms with E-state index in [1.54, 1.807) is 14.0 Å². The maximum absolute atomic E-state index is 9.75. The lowest BCUT2D eigenvalue weighted by Gasteiger charge is -2.25. The Morgan fingerprint density at radius 3 is 2.67 bits per heavy atom. The Balaban J connectivity index is 2.17. The Bertz CT molecular complexity index is 383. The molecule has 1 aromatic rings. The highest BCUT2D eigenvalue weighted by Gasteiger charge is 2.18. The van der Waals surface area contributed by atoms with Crippen molar-refractivity contribution in [3.8, 4) is 11.5 Å². The third-order valence-electron chi connectivity index (χ3n) is 3.13. The molecular formula is C14H20O4. The molecule has 1 atom stereocenters. The van der Waals surface area contributed by atoms with Gasteiger partial charge in [-0.05, 0) is 19.1 Å². The first kappa shape index (κ1) is 13.2. The van der Waals surface area contributed by atoms with Gasteiger partial charge in [-0.2, -0.15) is 0 Å². The van der Waals surface area contributed by atoms with Crippen LogP contribution in [0.1, 0.15) is 31.4 Å². The summed E-state index contributed by atoms with van der Waals surface area (Å²) < 4.78 is 16.5. The summed E-state index contributed by atoms with van der Waals surface area (Å²) in [7, 11) is 1.62. The summed E-state index contributed by atoms with van der Waals surface area (Å²) in [4.78, 5) is 0. The van der Waals surface area contributed by atoms with E-state index < -0.39 is 6.10 Å². The highest BCUT2D eigenvalue weighted by atomic mass is 16.5. The van der Waals surface area contributed by atoms with E-state index in [9.17, 15) is 5.11 Å². The van der Waals surface area contributed by atoms with Crippen molar-refractivity contribution in [2.75, 3.05) is 20.3 Å². The molecule has 0 unspecified atom stereocenters. The molecule has 0 saturated carbocycles. The maximum atomic E-state index is 9.75. The Hall–Kier alpha value is -1.26. The Morgan fingerprint density at radius 2 is 2.06 bits per heavy atom. The fourth-order valence-electron chi connectivity index (χ4n) is 2.06. The van der Waals surface area contributed by atoms with Crippen LogP contribution < -0.4 is 9.47 Å². The molecule has 0 spiro atoms. The van der Waals surface area contributed by atoms with Crippen LogP contribution in [-0.4, -0.2) is 31.5 Å². The van der Waals surface area contributed by atoms with Crippen LogP contribution in [0, 0.1) is 0 Å². The molecule has 18 heavy (non-hydrogen) atoms. The minimum Gasteiger partial charge on any atom is -0.497 e. The van der Waals surface area contributed by atoms with E-state index in [0.29, 0.717) is 5.75 Å². The molecule has 2 rings (SSSR count). The van der Waals surface area contributed by atoms with Gasteiger partial charge in [-0.1, -0.05) is 0 Å². The SMILES string of the molecule is COc1ccc([C@@H](C)O)c(OC2CCOCC2)c1. The molecule has 1 heterocycles. The first-order valence-corrected chi connectivity index (χ1v) is 6.31. The van der Waals surface area contributed by atoms with Gasteiger partial charge in [0, 0.05) is 24.5 Å². The third-order valence-corrected chi connectivity index (χ3v) is 3.13. The van der Waals surface area contributed by atoms with Gasteiger partial charge in [0.1, 0.15) is 17.6 Å². The molecule has 0 aromatic heterocycles. The lowest BCUT2D eigenvalue weighted by molar-refractivity contribution is 0.0242. The number of benzene rings is 1. The maximum Gasteiger partial charge on any atom is 0.129 e. The van der Waals surface area contributed by atoms with Crippen LogP contribution in [0.3, 0.4) is 0 Å². The Morgan fingerprint density at radius 1 is 1.33 bits per heavy atom. The van der Waals surface area contributed by atoms with E-state index in [2.05, 4.69) is 0 Å². The largest absolute Gasteiger partial charge is 0.497 e. The quantitative estimate of drug-likeness (QED) is 0.893. The van der Waals surface area contributed by atoms with Crippen molar-refractivity contribution in [2.45, 2.75) is 32.0 Å². The first-order chi connectivity index (χ1) is 8.70. The lowest BCUT2D eigenvalue weighted by Crippen LogP contribution is -2.26. The van der Waals surface area contributed by atoms with E-state index in [4.69, 9.17) is 14.2 Å². The van der Waals surface area contributed by atoms with Crippen molar-refractivity contribution in [3.05, 3.63) is 23.8 Å². The van der Waals surface area contributed by atoms with Crippen LogP contribution in [0.25, 0.3) is 0 Å². The van der Waals surface area contributed by atoms with Crippen LogP contribution in [-0.2, 0) is 4.74 Å². The summed E-state index contributed by atoms with van der Waals surface area (Å²) in [5.74, 6) is 1.44. The number of ether oxygens (including phenoxy) is 3. The molecule has 0 aliphatic carbocycles. The summed E-state index contributed by atoms with van der Waals surface area (Å²) in [6.07, 6.45) is 1.38. The normalized spacial score (nSPS) is 18.4. The summed E-state index contributed by atoms with van der Waals surface area (Å²) in [6, 6.07) is 5.51. The molecule has 4 nitrogen and oxygen atoms in total. The zero-order valence-electron chi connectivity index (χ0n) is 10.9. The van der Waals surface area contributed by atoms with Crippen molar-refractivity contribution >= 4 is 0 Å². The molecule has 1 aromatic carbocycles. The fraction of sp³-hybridized carbons (Fsp3) is 0.571. The van der Waals surface area contributed by atoms with Gasteiger partial charge < -0.3 is 19.3 Å². The van der Waals surface area contributed by atoms with Gasteiger partial charge in [0.2, 0.25) is 0 Å². The Labute approximate surface area is 107 Å².